The number of rotatable bonds is 6. The van der Waals surface area contributed by atoms with E-state index in [-0.39, 0.29) is 29.3 Å². The molecule has 1 aliphatic carbocycles. The molecular formula is C23H19N7O2S. The van der Waals surface area contributed by atoms with Crippen molar-refractivity contribution in [3.05, 3.63) is 83.7 Å². The summed E-state index contributed by atoms with van der Waals surface area (Å²) in [5.41, 5.74) is 3.09. The van der Waals surface area contributed by atoms with Crippen LogP contribution in [0.4, 0.5) is 5.95 Å². The van der Waals surface area contributed by atoms with Gasteiger partial charge in [-0.15, -0.1) is 5.10 Å². The normalized spacial score (nSPS) is 15.2. The van der Waals surface area contributed by atoms with Crippen LogP contribution in [0.15, 0.2) is 72.0 Å². The second-order valence-electron chi connectivity index (χ2n) is 7.54. The maximum atomic E-state index is 12.6. The Morgan fingerprint density at radius 2 is 1.82 bits per heavy atom. The van der Waals surface area contributed by atoms with Gasteiger partial charge in [0, 0.05) is 12.6 Å². The van der Waals surface area contributed by atoms with Crippen LogP contribution in [0.1, 0.15) is 34.0 Å². The number of Topliss-reactive ketones (excluding diaryl/α,β-unsaturated/α-hetero) is 1. The number of nitrogens with zero attached hydrogens (tertiary/aromatic N) is 6. The molecule has 9 nitrogen and oxygen atoms in total. The number of aromatic nitrogens is 6. The summed E-state index contributed by atoms with van der Waals surface area (Å²) in [4.78, 5) is 33.8. The average molecular weight is 458 g/mol. The smallest absolute Gasteiger partial charge is 0.237 e. The van der Waals surface area contributed by atoms with E-state index in [1.54, 1.807) is 4.68 Å². The molecule has 2 aromatic carbocycles. The minimum absolute atomic E-state index is 0.0197. The number of carbonyl (C=O) groups excluding carboxylic acids is 2. The van der Waals surface area contributed by atoms with E-state index < -0.39 is 0 Å². The Balaban J connectivity index is 1.25. The van der Waals surface area contributed by atoms with E-state index >= 15 is 0 Å². The summed E-state index contributed by atoms with van der Waals surface area (Å²) in [6.45, 7) is 0. The van der Waals surface area contributed by atoms with E-state index in [9.17, 15) is 9.59 Å². The van der Waals surface area contributed by atoms with Crippen molar-refractivity contribution >= 4 is 29.4 Å². The SMILES string of the molecule is O=C(CSc1nnnn1-c1ccccc1)Nc1ncc2c(n1)CC(c1ccccc1)CC2=O. The summed E-state index contributed by atoms with van der Waals surface area (Å²) in [5, 5.41) is 14.9. The lowest BCUT2D eigenvalue weighted by molar-refractivity contribution is -0.113. The molecule has 0 radical (unpaired) electrons. The maximum absolute atomic E-state index is 12.6. The monoisotopic (exact) mass is 457 g/mol. The van der Waals surface area contributed by atoms with Gasteiger partial charge in [0.15, 0.2) is 5.78 Å². The Morgan fingerprint density at radius 1 is 1.06 bits per heavy atom. The molecule has 1 amide bonds. The van der Waals surface area contributed by atoms with Gasteiger partial charge in [0.2, 0.25) is 17.0 Å². The van der Waals surface area contributed by atoms with Crippen molar-refractivity contribution < 1.29 is 9.59 Å². The lowest BCUT2D eigenvalue weighted by Gasteiger charge is -2.23. The number of nitrogens with one attached hydrogen (secondary N) is 1. The van der Waals surface area contributed by atoms with Gasteiger partial charge in [-0.3, -0.25) is 14.9 Å². The lowest BCUT2D eigenvalue weighted by atomic mass is 9.82. The number of hydrogen-bond acceptors (Lipinski definition) is 8. The van der Waals surface area contributed by atoms with Crippen LogP contribution in [-0.4, -0.2) is 47.6 Å². The molecule has 5 rings (SSSR count). The molecule has 1 atom stereocenters. The minimum Gasteiger partial charge on any atom is -0.294 e. The quantitative estimate of drug-likeness (QED) is 0.439. The summed E-state index contributed by atoms with van der Waals surface area (Å²) < 4.78 is 1.57. The molecule has 0 saturated carbocycles. The topological polar surface area (TPSA) is 116 Å². The summed E-state index contributed by atoms with van der Waals surface area (Å²) >= 11 is 1.21. The molecule has 1 aliphatic rings. The molecule has 0 spiro atoms. The number of thioether (sulfide) groups is 1. The van der Waals surface area contributed by atoms with Crippen molar-refractivity contribution in [2.75, 3.05) is 11.1 Å². The second-order valence-corrected chi connectivity index (χ2v) is 8.48. The molecule has 0 saturated heterocycles. The molecule has 4 aromatic rings. The Kier molecular flexibility index (Phi) is 5.90. The largest absolute Gasteiger partial charge is 0.294 e. The molecule has 2 aromatic heterocycles. The van der Waals surface area contributed by atoms with Gasteiger partial charge >= 0.3 is 0 Å². The van der Waals surface area contributed by atoms with E-state index in [4.69, 9.17) is 0 Å². The number of benzene rings is 2. The van der Waals surface area contributed by atoms with Crippen LogP contribution in [-0.2, 0) is 11.2 Å². The zero-order valence-corrected chi connectivity index (χ0v) is 18.3. The molecule has 1 N–H and O–H groups in total. The van der Waals surface area contributed by atoms with E-state index in [2.05, 4.69) is 30.8 Å². The number of tetrazole rings is 1. The van der Waals surface area contributed by atoms with Gasteiger partial charge in [0.25, 0.3) is 0 Å². The first-order valence-corrected chi connectivity index (χ1v) is 11.4. The molecule has 164 valence electrons. The standard InChI is InChI=1S/C23H19N7O2S/c31-20-12-16(15-7-3-1-4-8-15)11-19-18(20)13-24-22(25-19)26-21(32)14-33-23-27-28-29-30(23)17-9-5-2-6-10-17/h1-10,13,16H,11-12,14H2,(H,24,25,26,32). The third-order valence-corrected chi connectivity index (χ3v) is 6.26. The summed E-state index contributed by atoms with van der Waals surface area (Å²) in [6, 6.07) is 19.4. The number of fused-ring (bicyclic) bond motifs is 1. The zero-order valence-electron chi connectivity index (χ0n) is 17.5. The number of anilines is 1. The molecule has 33 heavy (non-hydrogen) atoms. The van der Waals surface area contributed by atoms with Crippen molar-refractivity contribution in [1.29, 1.82) is 0 Å². The van der Waals surface area contributed by atoms with Gasteiger partial charge in [-0.25, -0.2) is 9.97 Å². The molecule has 2 heterocycles. The minimum atomic E-state index is -0.288. The fourth-order valence-electron chi connectivity index (χ4n) is 3.76. The molecule has 10 heteroatoms. The van der Waals surface area contributed by atoms with E-state index in [1.165, 1.54) is 18.0 Å². The van der Waals surface area contributed by atoms with Gasteiger partial charge in [-0.2, -0.15) is 4.68 Å². The third-order valence-electron chi connectivity index (χ3n) is 5.34. The lowest BCUT2D eigenvalue weighted by Crippen LogP contribution is -2.23. The van der Waals surface area contributed by atoms with Crippen LogP contribution in [0.5, 0.6) is 0 Å². The first-order valence-electron chi connectivity index (χ1n) is 10.4. The molecule has 0 fully saturated rings. The predicted molar refractivity (Wildman–Crippen MR) is 122 cm³/mol. The van der Waals surface area contributed by atoms with Gasteiger partial charge in [-0.05, 0) is 40.5 Å². The summed E-state index contributed by atoms with van der Waals surface area (Å²) in [7, 11) is 0. The van der Waals surface area contributed by atoms with Crippen molar-refractivity contribution in [3.8, 4) is 5.69 Å². The van der Waals surface area contributed by atoms with Crippen molar-refractivity contribution in [2.45, 2.75) is 23.9 Å². The van der Waals surface area contributed by atoms with Crippen LogP contribution in [0.3, 0.4) is 0 Å². The Morgan fingerprint density at radius 3 is 2.61 bits per heavy atom. The maximum Gasteiger partial charge on any atom is 0.237 e. The van der Waals surface area contributed by atoms with Crippen molar-refractivity contribution in [2.24, 2.45) is 0 Å². The number of amides is 1. The average Bonchev–Trinajstić information content (AvgIpc) is 3.32. The Bertz CT molecular complexity index is 1290. The zero-order chi connectivity index (χ0) is 22.6. The Labute approximate surface area is 193 Å². The summed E-state index contributed by atoms with van der Waals surface area (Å²) in [6.07, 6.45) is 2.56. The number of carbonyl (C=O) groups is 2. The number of ketones is 1. The van der Waals surface area contributed by atoms with Crippen LogP contribution in [0.25, 0.3) is 5.69 Å². The van der Waals surface area contributed by atoms with Crippen LogP contribution in [0, 0.1) is 0 Å². The van der Waals surface area contributed by atoms with Crippen molar-refractivity contribution in [1.82, 2.24) is 30.2 Å². The van der Waals surface area contributed by atoms with Crippen molar-refractivity contribution in [3.63, 3.8) is 0 Å². The predicted octanol–water partition coefficient (Wildman–Crippen LogP) is 3.10. The first-order chi connectivity index (χ1) is 16.2. The summed E-state index contributed by atoms with van der Waals surface area (Å²) in [5.74, 6) is 0.0651. The van der Waals surface area contributed by atoms with Gasteiger partial charge in [0.1, 0.15) is 0 Å². The third kappa shape index (κ3) is 4.65. The van der Waals surface area contributed by atoms with Crippen LogP contribution >= 0.6 is 11.8 Å². The highest BCUT2D eigenvalue weighted by atomic mass is 32.2. The number of para-hydroxylation sites is 1. The molecule has 0 bridgehead atoms. The van der Waals surface area contributed by atoms with Gasteiger partial charge in [0.05, 0.1) is 22.7 Å². The van der Waals surface area contributed by atoms with E-state index in [0.29, 0.717) is 29.3 Å². The first kappa shape index (κ1) is 21.0. The van der Waals surface area contributed by atoms with Crippen LogP contribution in [0.2, 0.25) is 0 Å². The molecule has 1 unspecified atom stereocenters. The molecule has 0 aliphatic heterocycles. The van der Waals surface area contributed by atoms with E-state index in [1.807, 2.05) is 60.7 Å². The fourth-order valence-corrected chi connectivity index (χ4v) is 4.45. The Hall–Kier alpha value is -3.92. The van der Waals surface area contributed by atoms with E-state index in [0.717, 1.165) is 11.3 Å². The highest BCUT2D eigenvalue weighted by molar-refractivity contribution is 7.99. The second kappa shape index (κ2) is 9.29. The number of hydrogen-bond donors (Lipinski definition) is 1. The highest BCUT2D eigenvalue weighted by Crippen LogP contribution is 2.31. The van der Waals surface area contributed by atoms with Gasteiger partial charge in [-0.1, -0.05) is 60.3 Å². The molecular weight excluding hydrogens is 438 g/mol. The fraction of sp³-hybridized carbons (Fsp3) is 0.174. The van der Waals surface area contributed by atoms with Gasteiger partial charge < -0.3 is 0 Å². The van der Waals surface area contributed by atoms with Crippen LogP contribution < -0.4 is 5.32 Å². The highest BCUT2D eigenvalue weighted by Gasteiger charge is 2.28.